The first-order valence-corrected chi connectivity index (χ1v) is 8.89. The number of nitrogens with one attached hydrogen (secondary N) is 1. The molecule has 2 rings (SSSR count). The second-order valence-electron chi connectivity index (χ2n) is 6.56. The molecule has 142 valence electrons. The van der Waals surface area contributed by atoms with Gasteiger partial charge in [0.15, 0.2) is 5.69 Å². The molecule has 1 N–H and O–H groups in total. The minimum atomic E-state index is -0.735. The molecule has 26 heavy (non-hydrogen) atoms. The average molecular weight is 363 g/mol. The summed E-state index contributed by atoms with van der Waals surface area (Å²) in [7, 11) is 1.30. The number of carbonyl (C=O) groups excluding carboxylic acids is 2. The van der Waals surface area contributed by atoms with Gasteiger partial charge in [0.25, 0.3) is 5.91 Å². The van der Waals surface area contributed by atoms with Crippen LogP contribution in [0.15, 0.2) is 24.3 Å². The van der Waals surface area contributed by atoms with Crippen LogP contribution in [0.3, 0.4) is 0 Å². The third-order valence-electron chi connectivity index (χ3n) is 4.28. The van der Waals surface area contributed by atoms with Crippen LogP contribution in [0.4, 0.5) is 4.39 Å². The van der Waals surface area contributed by atoms with E-state index in [1.807, 2.05) is 38.1 Å². The Balaban J connectivity index is 2.25. The maximum Gasteiger partial charge on any atom is 0.328 e. The van der Waals surface area contributed by atoms with Crippen LogP contribution < -0.4 is 5.32 Å². The fourth-order valence-corrected chi connectivity index (χ4v) is 2.83. The Morgan fingerprint density at radius 2 is 1.96 bits per heavy atom. The SMILES string of the molecule is COC(=O)C(NC(=O)c1nn(CCCCCF)c2ccccc12)C(C)C. The number of alkyl halides is 1. The van der Waals surface area contributed by atoms with Gasteiger partial charge in [-0.3, -0.25) is 13.9 Å². The van der Waals surface area contributed by atoms with E-state index in [-0.39, 0.29) is 18.3 Å². The van der Waals surface area contributed by atoms with Crippen molar-refractivity contribution in [2.24, 2.45) is 5.92 Å². The van der Waals surface area contributed by atoms with Gasteiger partial charge < -0.3 is 10.1 Å². The lowest BCUT2D eigenvalue weighted by Crippen LogP contribution is -2.45. The quantitative estimate of drug-likeness (QED) is 0.549. The van der Waals surface area contributed by atoms with Crippen LogP contribution in [0.1, 0.15) is 43.6 Å². The summed E-state index contributed by atoms with van der Waals surface area (Å²) in [6.07, 6.45) is 2.08. The van der Waals surface area contributed by atoms with E-state index in [1.165, 1.54) is 7.11 Å². The molecule has 1 aromatic heterocycles. The Bertz CT molecular complexity index is 758. The molecule has 1 heterocycles. The number of hydrogen-bond donors (Lipinski definition) is 1. The molecule has 6 nitrogen and oxygen atoms in total. The number of nitrogens with zero attached hydrogens (tertiary/aromatic N) is 2. The highest BCUT2D eigenvalue weighted by Crippen LogP contribution is 2.20. The van der Waals surface area contributed by atoms with E-state index >= 15 is 0 Å². The van der Waals surface area contributed by atoms with Gasteiger partial charge in [0, 0.05) is 11.9 Å². The summed E-state index contributed by atoms with van der Waals surface area (Å²) in [4.78, 5) is 24.6. The van der Waals surface area contributed by atoms with Crippen molar-refractivity contribution in [3.63, 3.8) is 0 Å². The third-order valence-corrected chi connectivity index (χ3v) is 4.28. The molecule has 0 saturated carbocycles. The predicted octanol–water partition coefficient (Wildman–Crippen LogP) is 3.10. The highest BCUT2D eigenvalue weighted by atomic mass is 19.1. The lowest BCUT2D eigenvalue weighted by Gasteiger charge is -2.19. The van der Waals surface area contributed by atoms with Gasteiger partial charge in [-0.2, -0.15) is 5.10 Å². The van der Waals surface area contributed by atoms with Crippen molar-refractivity contribution in [3.05, 3.63) is 30.0 Å². The van der Waals surface area contributed by atoms with Gasteiger partial charge in [0.05, 0.1) is 19.3 Å². The minimum Gasteiger partial charge on any atom is -0.467 e. The van der Waals surface area contributed by atoms with Crippen molar-refractivity contribution in [2.45, 2.75) is 45.7 Å². The van der Waals surface area contributed by atoms with Crippen LogP contribution in [0.5, 0.6) is 0 Å². The number of esters is 1. The van der Waals surface area contributed by atoms with E-state index in [2.05, 4.69) is 10.4 Å². The normalized spacial score (nSPS) is 12.3. The van der Waals surface area contributed by atoms with Gasteiger partial charge in [0.1, 0.15) is 6.04 Å². The van der Waals surface area contributed by atoms with Crippen molar-refractivity contribution in [2.75, 3.05) is 13.8 Å². The number of methoxy groups -OCH3 is 1. The van der Waals surface area contributed by atoms with E-state index < -0.39 is 17.9 Å². The Morgan fingerprint density at radius 3 is 2.62 bits per heavy atom. The van der Waals surface area contributed by atoms with Crippen molar-refractivity contribution >= 4 is 22.8 Å². The van der Waals surface area contributed by atoms with Crippen LogP contribution in [0, 0.1) is 5.92 Å². The highest BCUT2D eigenvalue weighted by molar-refractivity contribution is 6.06. The number of benzene rings is 1. The number of para-hydroxylation sites is 1. The molecule has 1 aromatic carbocycles. The molecule has 7 heteroatoms. The van der Waals surface area contributed by atoms with Crippen molar-refractivity contribution in [1.82, 2.24) is 15.1 Å². The van der Waals surface area contributed by atoms with Crippen LogP contribution in [-0.4, -0.2) is 41.5 Å². The second-order valence-corrected chi connectivity index (χ2v) is 6.56. The molecule has 0 aliphatic rings. The van der Waals surface area contributed by atoms with Gasteiger partial charge >= 0.3 is 5.97 Å². The second kappa shape index (κ2) is 9.31. The number of aromatic nitrogens is 2. The fraction of sp³-hybridized carbons (Fsp3) is 0.526. The molecule has 0 fully saturated rings. The molecule has 0 aliphatic carbocycles. The number of unbranched alkanes of at least 4 members (excludes halogenated alkanes) is 2. The molecule has 0 spiro atoms. The Labute approximate surface area is 152 Å². The standard InChI is InChI=1S/C19H26FN3O3/c1-13(2)16(19(25)26-3)21-18(24)17-14-9-5-6-10-15(14)23(22-17)12-8-4-7-11-20/h5-6,9-10,13,16H,4,7-8,11-12H2,1-3H3,(H,21,24). The van der Waals surface area contributed by atoms with Crippen LogP contribution in [-0.2, 0) is 16.1 Å². The molecule has 1 atom stereocenters. The first-order valence-electron chi connectivity index (χ1n) is 8.89. The molecule has 1 amide bonds. The molecule has 0 saturated heterocycles. The number of hydrogen-bond acceptors (Lipinski definition) is 4. The van der Waals surface area contributed by atoms with E-state index in [1.54, 1.807) is 4.68 Å². The van der Waals surface area contributed by atoms with Crippen LogP contribution in [0.25, 0.3) is 10.9 Å². The number of rotatable bonds is 9. The third kappa shape index (κ3) is 4.59. The van der Waals surface area contributed by atoms with Gasteiger partial charge in [0.2, 0.25) is 0 Å². The number of fused-ring (bicyclic) bond motifs is 1. The van der Waals surface area contributed by atoms with Crippen LogP contribution >= 0.6 is 0 Å². The van der Waals surface area contributed by atoms with E-state index in [9.17, 15) is 14.0 Å². The Hall–Kier alpha value is -2.44. The fourth-order valence-electron chi connectivity index (χ4n) is 2.83. The number of amides is 1. The van der Waals surface area contributed by atoms with Crippen molar-refractivity contribution in [3.8, 4) is 0 Å². The number of aryl methyl sites for hydroxylation is 1. The zero-order valence-electron chi connectivity index (χ0n) is 15.5. The van der Waals surface area contributed by atoms with Crippen LogP contribution in [0.2, 0.25) is 0 Å². The topological polar surface area (TPSA) is 73.2 Å². The van der Waals surface area contributed by atoms with E-state index in [0.29, 0.717) is 13.0 Å². The number of ether oxygens (including phenoxy) is 1. The Morgan fingerprint density at radius 1 is 1.23 bits per heavy atom. The van der Waals surface area contributed by atoms with E-state index in [4.69, 9.17) is 4.74 Å². The molecule has 0 radical (unpaired) electrons. The zero-order valence-corrected chi connectivity index (χ0v) is 15.5. The largest absolute Gasteiger partial charge is 0.467 e. The number of carbonyl (C=O) groups is 2. The van der Waals surface area contributed by atoms with Crippen molar-refractivity contribution in [1.29, 1.82) is 0 Å². The summed E-state index contributed by atoms with van der Waals surface area (Å²) in [5, 5.41) is 7.89. The maximum absolute atomic E-state index is 12.7. The summed E-state index contributed by atoms with van der Waals surface area (Å²) in [5.74, 6) is -1.00. The average Bonchev–Trinajstić information content (AvgIpc) is 3.01. The molecule has 0 aliphatic heterocycles. The van der Waals surface area contributed by atoms with E-state index in [0.717, 1.165) is 23.7 Å². The van der Waals surface area contributed by atoms with Gasteiger partial charge in [-0.15, -0.1) is 0 Å². The monoisotopic (exact) mass is 363 g/mol. The summed E-state index contributed by atoms with van der Waals surface area (Å²) < 4.78 is 18.8. The first kappa shape index (κ1) is 19.9. The molecule has 0 bridgehead atoms. The smallest absolute Gasteiger partial charge is 0.328 e. The lowest BCUT2D eigenvalue weighted by atomic mass is 10.0. The highest BCUT2D eigenvalue weighted by Gasteiger charge is 2.27. The Kier molecular flexibility index (Phi) is 7.12. The summed E-state index contributed by atoms with van der Waals surface area (Å²) >= 11 is 0. The van der Waals surface area contributed by atoms with Crippen molar-refractivity contribution < 1.29 is 18.7 Å². The van der Waals surface area contributed by atoms with Gasteiger partial charge in [-0.05, 0) is 31.2 Å². The number of halogens is 1. The summed E-state index contributed by atoms with van der Waals surface area (Å²) in [6.45, 7) is 3.96. The minimum absolute atomic E-state index is 0.111. The lowest BCUT2D eigenvalue weighted by molar-refractivity contribution is -0.144. The maximum atomic E-state index is 12.7. The van der Waals surface area contributed by atoms with Gasteiger partial charge in [-0.1, -0.05) is 32.0 Å². The molecule has 1 unspecified atom stereocenters. The van der Waals surface area contributed by atoms with Gasteiger partial charge in [-0.25, -0.2) is 4.79 Å². The molecular formula is C19H26FN3O3. The first-order chi connectivity index (χ1) is 12.5. The predicted molar refractivity (Wildman–Crippen MR) is 97.7 cm³/mol. The summed E-state index contributed by atoms with van der Waals surface area (Å²) in [6, 6.07) is 6.72. The zero-order chi connectivity index (χ0) is 19.1. The molecule has 2 aromatic rings. The summed E-state index contributed by atoms with van der Waals surface area (Å²) in [5.41, 5.74) is 1.12. The molecular weight excluding hydrogens is 337 g/mol.